The first-order chi connectivity index (χ1) is 14.2. The quantitative estimate of drug-likeness (QED) is 0.233. The minimum Gasteiger partial charge on any atom is -0.462 e. The van der Waals surface area contributed by atoms with Gasteiger partial charge in [-0.2, -0.15) is 0 Å². The number of H-pyrrole nitrogens is 1. The van der Waals surface area contributed by atoms with Gasteiger partial charge in [0.25, 0.3) is 0 Å². The maximum absolute atomic E-state index is 12.7. The molecule has 3 N–H and O–H groups in total. The summed E-state index contributed by atoms with van der Waals surface area (Å²) in [6, 6.07) is 4.94. The van der Waals surface area contributed by atoms with Crippen LogP contribution in [0.2, 0.25) is 10.0 Å². The van der Waals surface area contributed by atoms with Crippen molar-refractivity contribution in [1.29, 1.82) is 0 Å². The number of benzene rings is 1. The SMILES string of the molecule is CCOC(=O)c1c(C)[nH]c(C(=O)CSc2nnc(-c3cc(Cl)ccc3Cl)n2N)c1C. The fourth-order valence-corrected chi connectivity index (χ4v) is 4.07. The second-order valence-corrected chi connectivity index (χ2v) is 8.14. The number of esters is 1. The van der Waals surface area contributed by atoms with Crippen LogP contribution in [0.5, 0.6) is 0 Å². The van der Waals surface area contributed by atoms with Gasteiger partial charge < -0.3 is 15.6 Å². The van der Waals surface area contributed by atoms with Crippen molar-refractivity contribution in [1.82, 2.24) is 19.9 Å². The lowest BCUT2D eigenvalue weighted by molar-refractivity contribution is 0.0525. The van der Waals surface area contributed by atoms with Crippen molar-refractivity contribution in [2.45, 2.75) is 25.9 Å². The van der Waals surface area contributed by atoms with Crippen LogP contribution in [0.3, 0.4) is 0 Å². The Labute approximate surface area is 187 Å². The summed E-state index contributed by atoms with van der Waals surface area (Å²) in [5.74, 6) is 5.81. The predicted octanol–water partition coefficient (Wildman–Crippen LogP) is 4.06. The zero-order valence-electron chi connectivity index (χ0n) is 16.5. The van der Waals surface area contributed by atoms with Gasteiger partial charge in [0.2, 0.25) is 5.16 Å². The van der Waals surface area contributed by atoms with Crippen molar-refractivity contribution < 1.29 is 14.3 Å². The van der Waals surface area contributed by atoms with Crippen molar-refractivity contribution in [3.63, 3.8) is 0 Å². The molecule has 30 heavy (non-hydrogen) atoms. The highest BCUT2D eigenvalue weighted by molar-refractivity contribution is 7.99. The van der Waals surface area contributed by atoms with Gasteiger partial charge in [-0.1, -0.05) is 35.0 Å². The predicted molar refractivity (Wildman–Crippen MR) is 117 cm³/mol. The number of ether oxygens (including phenoxy) is 1. The summed E-state index contributed by atoms with van der Waals surface area (Å²) < 4.78 is 6.31. The number of rotatable bonds is 7. The van der Waals surface area contributed by atoms with E-state index in [-0.39, 0.29) is 18.1 Å². The van der Waals surface area contributed by atoms with E-state index in [4.69, 9.17) is 33.8 Å². The molecule has 0 aliphatic heterocycles. The molecule has 0 bridgehead atoms. The van der Waals surface area contributed by atoms with Crippen LogP contribution in [0.1, 0.15) is 39.0 Å². The average Bonchev–Trinajstić information content (AvgIpc) is 3.21. The highest BCUT2D eigenvalue weighted by Gasteiger charge is 2.23. The molecule has 158 valence electrons. The Bertz CT molecular complexity index is 1130. The topological polar surface area (TPSA) is 116 Å². The number of aromatic nitrogens is 4. The van der Waals surface area contributed by atoms with Crippen LogP contribution in [-0.2, 0) is 4.74 Å². The third kappa shape index (κ3) is 4.33. The third-order valence-corrected chi connectivity index (χ3v) is 5.87. The van der Waals surface area contributed by atoms with Gasteiger partial charge in [-0.15, -0.1) is 10.2 Å². The number of nitrogens with two attached hydrogens (primary N) is 1. The van der Waals surface area contributed by atoms with Crippen molar-refractivity contribution in [2.24, 2.45) is 0 Å². The maximum atomic E-state index is 12.7. The molecule has 0 saturated carbocycles. The minimum absolute atomic E-state index is 0.0433. The zero-order valence-corrected chi connectivity index (χ0v) is 18.8. The lowest BCUT2D eigenvalue weighted by Gasteiger charge is -2.06. The van der Waals surface area contributed by atoms with E-state index in [9.17, 15) is 9.59 Å². The molecular weight excluding hydrogens is 449 g/mol. The number of aromatic amines is 1. The fraction of sp³-hybridized carbons (Fsp3) is 0.263. The van der Waals surface area contributed by atoms with Crippen LogP contribution < -0.4 is 5.84 Å². The lowest BCUT2D eigenvalue weighted by Crippen LogP contribution is -2.13. The van der Waals surface area contributed by atoms with Crippen molar-refractivity contribution >= 4 is 46.7 Å². The molecule has 3 aromatic rings. The third-order valence-electron chi connectivity index (χ3n) is 4.36. The molecule has 8 nitrogen and oxygen atoms in total. The number of carbonyl (C=O) groups excluding carboxylic acids is 2. The van der Waals surface area contributed by atoms with Crippen molar-refractivity contribution in [3.05, 3.63) is 50.8 Å². The Kier molecular flexibility index (Phi) is 6.74. The molecule has 0 radical (unpaired) electrons. The summed E-state index contributed by atoms with van der Waals surface area (Å²) in [4.78, 5) is 27.8. The second-order valence-electron chi connectivity index (χ2n) is 6.36. The smallest absolute Gasteiger partial charge is 0.340 e. The molecule has 11 heteroatoms. The number of ketones is 1. The Morgan fingerprint density at radius 3 is 2.70 bits per heavy atom. The minimum atomic E-state index is -0.458. The number of carbonyl (C=O) groups is 2. The molecule has 0 aliphatic rings. The highest BCUT2D eigenvalue weighted by Crippen LogP contribution is 2.30. The zero-order chi connectivity index (χ0) is 22.0. The van der Waals surface area contributed by atoms with Crippen LogP contribution in [0, 0.1) is 13.8 Å². The van der Waals surface area contributed by atoms with Gasteiger partial charge in [0, 0.05) is 16.3 Å². The standard InChI is InChI=1S/C19H19Cl2N5O3S/c1-4-29-18(28)15-9(2)16(23-10(15)3)14(27)8-30-19-25-24-17(26(19)22)12-7-11(20)5-6-13(12)21/h5-7,23H,4,8,22H2,1-3H3. The summed E-state index contributed by atoms with van der Waals surface area (Å²) in [5.41, 5.74) is 2.40. The first kappa shape index (κ1) is 22.2. The summed E-state index contributed by atoms with van der Waals surface area (Å²) >= 11 is 13.3. The maximum Gasteiger partial charge on any atom is 0.340 e. The number of hydrogen-bond acceptors (Lipinski definition) is 7. The van der Waals surface area contributed by atoms with Crippen LogP contribution in [0.15, 0.2) is 23.4 Å². The van der Waals surface area contributed by atoms with E-state index in [1.165, 1.54) is 4.68 Å². The molecule has 0 unspecified atom stereocenters. The van der Waals surface area contributed by atoms with Gasteiger partial charge in [0.1, 0.15) is 0 Å². The van der Waals surface area contributed by atoms with Crippen molar-refractivity contribution in [3.8, 4) is 11.4 Å². The van der Waals surface area contributed by atoms with Crippen LogP contribution in [-0.4, -0.2) is 44.0 Å². The van der Waals surface area contributed by atoms with Gasteiger partial charge in [-0.3, -0.25) is 4.79 Å². The van der Waals surface area contributed by atoms with E-state index in [0.29, 0.717) is 49.1 Å². The Morgan fingerprint density at radius 2 is 2.00 bits per heavy atom. The monoisotopic (exact) mass is 467 g/mol. The summed E-state index contributed by atoms with van der Waals surface area (Å²) in [7, 11) is 0. The van der Waals surface area contributed by atoms with Gasteiger partial charge in [0.05, 0.1) is 28.6 Å². The molecule has 2 aromatic heterocycles. The highest BCUT2D eigenvalue weighted by atomic mass is 35.5. The molecule has 0 saturated heterocycles. The van der Waals surface area contributed by atoms with Crippen LogP contribution in [0.25, 0.3) is 11.4 Å². The number of nitrogens with one attached hydrogen (secondary N) is 1. The second kappa shape index (κ2) is 9.11. The average molecular weight is 468 g/mol. The number of halogens is 2. The number of thioether (sulfide) groups is 1. The molecule has 0 amide bonds. The van der Waals surface area contributed by atoms with Gasteiger partial charge in [-0.25, -0.2) is 9.47 Å². The Hall–Kier alpha value is -2.49. The molecule has 2 heterocycles. The first-order valence-corrected chi connectivity index (χ1v) is 10.7. The number of nitrogen functional groups attached to an aromatic ring is 1. The van der Waals surface area contributed by atoms with E-state index < -0.39 is 5.97 Å². The molecule has 0 atom stereocenters. The van der Waals surface area contributed by atoms with E-state index >= 15 is 0 Å². The van der Waals surface area contributed by atoms with E-state index in [1.54, 1.807) is 39.0 Å². The van der Waals surface area contributed by atoms with E-state index in [0.717, 1.165) is 11.8 Å². The van der Waals surface area contributed by atoms with Crippen molar-refractivity contribution in [2.75, 3.05) is 18.2 Å². The molecular formula is C19H19Cl2N5O3S. The Balaban J connectivity index is 1.78. The van der Waals surface area contributed by atoms with Gasteiger partial charge >= 0.3 is 5.97 Å². The largest absolute Gasteiger partial charge is 0.462 e. The first-order valence-electron chi connectivity index (χ1n) is 8.92. The van der Waals surface area contributed by atoms with Gasteiger partial charge in [0.15, 0.2) is 11.6 Å². The fourth-order valence-electron chi connectivity index (χ4n) is 2.97. The van der Waals surface area contributed by atoms with Crippen LogP contribution in [0.4, 0.5) is 0 Å². The Morgan fingerprint density at radius 1 is 1.27 bits per heavy atom. The molecule has 0 fully saturated rings. The number of hydrogen-bond donors (Lipinski definition) is 2. The summed E-state index contributed by atoms with van der Waals surface area (Å²) in [6.45, 7) is 5.41. The molecule has 0 spiro atoms. The number of Topliss-reactive ketones (excluding diaryl/α,β-unsaturated/α-hetero) is 1. The lowest BCUT2D eigenvalue weighted by atomic mass is 10.1. The van der Waals surface area contributed by atoms with E-state index in [1.807, 2.05) is 0 Å². The molecule has 0 aliphatic carbocycles. The van der Waals surface area contributed by atoms with Crippen LogP contribution >= 0.6 is 35.0 Å². The number of nitrogens with zero attached hydrogens (tertiary/aromatic N) is 3. The summed E-state index contributed by atoms with van der Waals surface area (Å²) in [6.07, 6.45) is 0. The van der Waals surface area contributed by atoms with Gasteiger partial charge in [-0.05, 0) is 44.5 Å². The van der Waals surface area contributed by atoms with E-state index in [2.05, 4.69) is 15.2 Å². The number of aryl methyl sites for hydroxylation is 1. The normalized spacial score (nSPS) is 11.0. The molecule has 3 rings (SSSR count). The molecule has 1 aromatic carbocycles. The summed E-state index contributed by atoms with van der Waals surface area (Å²) in [5, 5.41) is 9.34.